The third kappa shape index (κ3) is 8.73. The smallest absolute Gasteiger partial charge is 0.274 e. The van der Waals surface area contributed by atoms with Crippen molar-refractivity contribution in [3.8, 4) is 0 Å². The fraction of sp³-hybridized carbons (Fsp3) is 0.429. The molecule has 7 nitrogen and oxygen atoms in total. The summed E-state index contributed by atoms with van der Waals surface area (Å²) < 4.78 is 26.8. The van der Waals surface area contributed by atoms with Crippen LogP contribution in [0.2, 0.25) is 0 Å². The number of thiophene rings is 1. The molecule has 1 aromatic carbocycles. The monoisotopic (exact) mass is 486 g/mol. The second kappa shape index (κ2) is 12.7. The third-order valence-electron chi connectivity index (χ3n) is 4.38. The van der Waals surface area contributed by atoms with Gasteiger partial charge in [-0.3, -0.25) is 10.1 Å². The number of aryl methyl sites for hydroxylation is 1. The Morgan fingerprint density at radius 1 is 1.34 bits per heavy atom. The molecule has 1 unspecified atom stereocenters. The first-order valence-electron chi connectivity index (χ1n) is 9.92. The molecule has 3 N–H and O–H groups in total. The van der Waals surface area contributed by atoms with Gasteiger partial charge in [0.1, 0.15) is 11.6 Å². The van der Waals surface area contributed by atoms with Crippen LogP contribution in [0, 0.1) is 28.7 Å². The molecule has 0 bridgehead atoms. The second-order valence-corrected chi connectivity index (χ2v) is 9.75. The number of hydrogen-bond acceptors (Lipinski definition) is 8. The van der Waals surface area contributed by atoms with E-state index in [0.717, 1.165) is 30.6 Å². The Kier molecular flexibility index (Phi) is 10.4. The average Bonchev–Trinajstić information content (AvgIpc) is 3.03. The van der Waals surface area contributed by atoms with Gasteiger partial charge in [-0.1, -0.05) is 6.07 Å². The maximum Gasteiger partial charge on any atom is 0.274 e. The Balaban J connectivity index is 1.80. The highest BCUT2D eigenvalue weighted by Gasteiger charge is 2.15. The Morgan fingerprint density at radius 2 is 2.09 bits per heavy atom. The van der Waals surface area contributed by atoms with Crippen LogP contribution in [0.5, 0.6) is 0 Å². The number of nitro groups is 1. The molecule has 0 aliphatic heterocycles. The van der Waals surface area contributed by atoms with Crippen LogP contribution in [0.1, 0.15) is 27.0 Å². The van der Waals surface area contributed by atoms with E-state index in [1.807, 2.05) is 14.1 Å². The van der Waals surface area contributed by atoms with Crippen LogP contribution in [-0.4, -0.2) is 47.9 Å². The summed E-state index contributed by atoms with van der Waals surface area (Å²) in [5.41, 5.74) is 1.20. The van der Waals surface area contributed by atoms with Gasteiger partial charge in [0.05, 0.1) is 11.0 Å². The summed E-state index contributed by atoms with van der Waals surface area (Å²) in [7, 11) is 4.08. The zero-order valence-corrected chi connectivity index (χ0v) is 19.9. The highest BCUT2D eigenvalue weighted by molar-refractivity contribution is 7.98. The molecule has 176 valence electrons. The van der Waals surface area contributed by atoms with Crippen LogP contribution in [0.3, 0.4) is 0 Å². The number of rotatable bonds is 13. The fourth-order valence-electron chi connectivity index (χ4n) is 2.88. The summed E-state index contributed by atoms with van der Waals surface area (Å²) in [6.45, 7) is 3.31. The van der Waals surface area contributed by atoms with Crippen molar-refractivity contribution in [2.24, 2.45) is 0 Å². The zero-order chi connectivity index (χ0) is 23.7. The highest BCUT2D eigenvalue weighted by Crippen LogP contribution is 2.26. The van der Waals surface area contributed by atoms with E-state index in [1.54, 1.807) is 23.1 Å². The third-order valence-corrected chi connectivity index (χ3v) is 6.79. The molecule has 0 amide bonds. The van der Waals surface area contributed by atoms with Crippen molar-refractivity contribution in [3.05, 3.63) is 78.9 Å². The summed E-state index contributed by atoms with van der Waals surface area (Å²) in [6.07, 6.45) is -0.533. The van der Waals surface area contributed by atoms with E-state index < -0.39 is 22.7 Å². The van der Waals surface area contributed by atoms with E-state index in [1.165, 1.54) is 15.3 Å². The molecule has 0 saturated carbocycles. The lowest BCUT2D eigenvalue weighted by atomic mass is 10.1. The van der Waals surface area contributed by atoms with Gasteiger partial charge in [-0.15, -0.1) is 11.3 Å². The van der Waals surface area contributed by atoms with Gasteiger partial charge in [0.2, 0.25) is 0 Å². The Morgan fingerprint density at radius 3 is 2.75 bits per heavy atom. The van der Waals surface area contributed by atoms with Crippen molar-refractivity contribution in [2.45, 2.75) is 25.3 Å². The topological polar surface area (TPSA) is 90.7 Å². The Labute approximate surface area is 194 Å². The van der Waals surface area contributed by atoms with Crippen molar-refractivity contribution >= 4 is 23.1 Å². The number of thioether (sulfide) groups is 1. The molecular formula is C21H28F2N4O3S2. The summed E-state index contributed by atoms with van der Waals surface area (Å²) in [5, 5.41) is 26.7. The van der Waals surface area contributed by atoms with Gasteiger partial charge in [0.25, 0.3) is 6.20 Å². The number of aliphatic hydroxyl groups excluding tert-OH is 1. The summed E-state index contributed by atoms with van der Waals surface area (Å²) in [4.78, 5) is 15.0. The van der Waals surface area contributed by atoms with Crippen LogP contribution in [0.4, 0.5) is 8.78 Å². The van der Waals surface area contributed by atoms with Gasteiger partial charge in [0, 0.05) is 52.5 Å². The molecule has 0 aliphatic carbocycles. The maximum absolute atomic E-state index is 13.8. The van der Waals surface area contributed by atoms with Crippen LogP contribution >= 0.6 is 23.1 Å². The van der Waals surface area contributed by atoms with E-state index in [2.05, 4.69) is 28.5 Å². The largest absolute Gasteiger partial charge is 0.386 e. The number of nitrogens with zero attached hydrogens (tertiary/aromatic N) is 2. The molecule has 0 spiro atoms. The minimum Gasteiger partial charge on any atom is -0.386 e. The van der Waals surface area contributed by atoms with E-state index in [4.69, 9.17) is 0 Å². The molecule has 32 heavy (non-hydrogen) atoms. The molecular weight excluding hydrogens is 458 g/mol. The summed E-state index contributed by atoms with van der Waals surface area (Å²) in [6, 6.07) is 5.07. The van der Waals surface area contributed by atoms with E-state index in [9.17, 15) is 24.0 Å². The van der Waals surface area contributed by atoms with Gasteiger partial charge >= 0.3 is 0 Å². The normalized spacial score (nSPS) is 12.8. The quantitative estimate of drug-likeness (QED) is 0.226. The lowest BCUT2D eigenvalue weighted by molar-refractivity contribution is -0.404. The predicted molar refractivity (Wildman–Crippen MR) is 125 cm³/mol. The minimum atomic E-state index is -1.29. The molecule has 1 atom stereocenters. The molecule has 11 heteroatoms. The van der Waals surface area contributed by atoms with E-state index in [-0.39, 0.29) is 17.9 Å². The number of nitrogens with one attached hydrogen (secondary N) is 2. The number of aliphatic hydroxyl groups is 1. The first-order chi connectivity index (χ1) is 15.2. The number of halogens is 2. The zero-order valence-electron chi connectivity index (χ0n) is 18.2. The molecule has 2 aromatic rings. The lowest BCUT2D eigenvalue weighted by Gasteiger charge is -2.16. The van der Waals surface area contributed by atoms with Gasteiger partial charge < -0.3 is 20.6 Å². The minimum absolute atomic E-state index is 0.0882. The molecule has 2 rings (SSSR count). The average molecular weight is 487 g/mol. The van der Waals surface area contributed by atoms with Crippen LogP contribution in [-0.2, 0) is 12.3 Å². The van der Waals surface area contributed by atoms with Crippen LogP contribution in [0.15, 0.2) is 36.3 Å². The lowest BCUT2D eigenvalue weighted by Crippen LogP contribution is -2.32. The van der Waals surface area contributed by atoms with Crippen molar-refractivity contribution in [3.63, 3.8) is 0 Å². The predicted octanol–water partition coefficient (Wildman–Crippen LogP) is 3.62. The summed E-state index contributed by atoms with van der Waals surface area (Å²) in [5.74, 6) is 0.0565. The SMILES string of the molecule is Cc1cc(CSCCNC(=C[N+](=O)[O-])NCC(O)c2ccc(F)cc2F)sc1CN(C)C. The molecule has 0 fully saturated rings. The van der Waals surface area contributed by atoms with Gasteiger partial charge in [-0.25, -0.2) is 8.78 Å². The van der Waals surface area contributed by atoms with Gasteiger partial charge in [-0.2, -0.15) is 11.8 Å². The Bertz CT molecular complexity index is 938. The van der Waals surface area contributed by atoms with E-state index in [0.29, 0.717) is 18.4 Å². The fourth-order valence-corrected chi connectivity index (χ4v) is 5.14. The molecule has 1 aromatic heterocycles. The number of hydrogen-bond donors (Lipinski definition) is 3. The van der Waals surface area contributed by atoms with Crippen molar-refractivity contribution in [2.75, 3.05) is 32.9 Å². The molecule has 0 saturated heterocycles. The van der Waals surface area contributed by atoms with Crippen LogP contribution in [0.25, 0.3) is 0 Å². The van der Waals surface area contributed by atoms with Crippen molar-refractivity contribution in [1.82, 2.24) is 15.5 Å². The van der Waals surface area contributed by atoms with Crippen molar-refractivity contribution < 1.29 is 18.8 Å². The summed E-state index contributed by atoms with van der Waals surface area (Å²) >= 11 is 3.50. The molecule has 0 aliphatic rings. The van der Waals surface area contributed by atoms with Crippen LogP contribution < -0.4 is 10.6 Å². The molecule has 1 heterocycles. The first kappa shape index (κ1) is 26.0. The Hall–Kier alpha value is -2.21. The standard InChI is InChI=1S/C21H28F2N4O3S2/c1-14-8-16(32-20(14)11-26(2)3)13-31-7-6-24-21(12-27(29)30)25-10-19(28)17-5-4-15(22)9-18(17)23/h4-5,8-9,12,19,24-25,28H,6-7,10-11,13H2,1-3H3. The molecule has 0 radical (unpaired) electrons. The highest BCUT2D eigenvalue weighted by atomic mass is 32.2. The van der Waals surface area contributed by atoms with E-state index >= 15 is 0 Å². The second-order valence-electron chi connectivity index (χ2n) is 7.43. The number of benzene rings is 1. The van der Waals surface area contributed by atoms with Gasteiger partial charge in [-0.05, 0) is 38.7 Å². The van der Waals surface area contributed by atoms with Gasteiger partial charge in [0.15, 0.2) is 5.82 Å². The van der Waals surface area contributed by atoms with Crippen molar-refractivity contribution in [1.29, 1.82) is 0 Å². The first-order valence-corrected chi connectivity index (χ1v) is 11.9. The maximum atomic E-state index is 13.8.